The molecule has 8 heteroatoms. The monoisotopic (exact) mass is 511 g/mol. The van der Waals surface area contributed by atoms with Gasteiger partial charge in [-0.2, -0.15) is 0 Å². The highest BCUT2D eigenvalue weighted by atomic mass is 16.6. The van der Waals surface area contributed by atoms with E-state index in [9.17, 15) is 19.5 Å². The minimum absolute atomic E-state index is 0.0998. The van der Waals surface area contributed by atoms with Crippen molar-refractivity contribution in [3.8, 4) is 5.75 Å². The summed E-state index contributed by atoms with van der Waals surface area (Å²) in [5, 5.41) is 15.7. The van der Waals surface area contributed by atoms with Crippen LogP contribution in [-0.2, 0) is 20.7 Å². The standard InChI is InChI=1S/C29H41N3O5/c1-18(2)30-26(34)25(22-14-15-24(33)20(5)16-22)32(19(3)4)27(35)23(17-21-12-10-9-11-13-21)31-28(36)37-29(6,7)8/h9-16,18-19,23,25,33H,17H2,1-8H3,(H,30,34)(H,31,36). The minimum atomic E-state index is -0.979. The lowest BCUT2D eigenvalue weighted by Crippen LogP contribution is -2.56. The van der Waals surface area contributed by atoms with Gasteiger partial charge in [0.05, 0.1) is 0 Å². The van der Waals surface area contributed by atoms with Gasteiger partial charge in [-0.1, -0.05) is 36.4 Å². The van der Waals surface area contributed by atoms with Gasteiger partial charge in [0, 0.05) is 18.5 Å². The maximum Gasteiger partial charge on any atom is 0.408 e. The summed E-state index contributed by atoms with van der Waals surface area (Å²) in [5.41, 5.74) is 1.25. The number of alkyl carbamates (subject to hydrolysis) is 1. The van der Waals surface area contributed by atoms with Crippen LogP contribution in [0.2, 0.25) is 0 Å². The number of hydrogen-bond acceptors (Lipinski definition) is 5. The van der Waals surface area contributed by atoms with Crippen molar-refractivity contribution in [2.75, 3.05) is 0 Å². The SMILES string of the molecule is Cc1cc(C(C(=O)NC(C)C)N(C(=O)C(Cc2ccccc2)NC(=O)OC(C)(C)C)C(C)C)ccc1O. The van der Waals surface area contributed by atoms with Gasteiger partial charge >= 0.3 is 6.09 Å². The van der Waals surface area contributed by atoms with Crippen LogP contribution >= 0.6 is 0 Å². The molecule has 8 nitrogen and oxygen atoms in total. The smallest absolute Gasteiger partial charge is 0.408 e. The van der Waals surface area contributed by atoms with Crippen LogP contribution in [0.5, 0.6) is 5.75 Å². The molecule has 0 aliphatic heterocycles. The second-order valence-electron chi connectivity index (χ2n) is 10.8. The number of aryl methyl sites for hydroxylation is 1. The third-order valence-corrected chi connectivity index (χ3v) is 5.58. The normalized spacial score (nSPS) is 13.1. The van der Waals surface area contributed by atoms with Crippen LogP contribution in [0.3, 0.4) is 0 Å². The number of hydrogen-bond donors (Lipinski definition) is 3. The molecule has 202 valence electrons. The van der Waals surface area contributed by atoms with Gasteiger partial charge in [0.1, 0.15) is 23.4 Å². The Morgan fingerprint density at radius 2 is 1.59 bits per heavy atom. The van der Waals surface area contributed by atoms with Crippen molar-refractivity contribution in [3.63, 3.8) is 0 Å². The lowest BCUT2D eigenvalue weighted by atomic mass is 9.97. The fraction of sp³-hybridized carbons (Fsp3) is 0.483. The summed E-state index contributed by atoms with van der Waals surface area (Å²) in [5.74, 6) is -0.667. The number of aromatic hydroxyl groups is 1. The summed E-state index contributed by atoms with van der Waals surface area (Å²) in [6, 6.07) is 11.7. The average Bonchev–Trinajstić information content (AvgIpc) is 2.77. The molecule has 2 aromatic rings. The maximum absolute atomic E-state index is 14.2. The Bertz CT molecular complexity index is 1080. The quantitative estimate of drug-likeness (QED) is 0.455. The third kappa shape index (κ3) is 8.81. The second kappa shape index (κ2) is 12.6. The summed E-state index contributed by atoms with van der Waals surface area (Å²) < 4.78 is 5.44. The molecule has 2 atom stereocenters. The number of ether oxygens (including phenoxy) is 1. The molecule has 0 saturated carbocycles. The van der Waals surface area contributed by atoms with Crippen molar-refractivity contribution in [1.29, 1.82) is 0 Å². The Balaban J connectivity index is 2.55. The zero-order chi connectivity index (χ0) is 27.9. The maximum atomic E-state index is 14.2. The molecular weight excluding hydrogens is 470 g/mol. The van der Waals surface area contributed by atoms with E-state index in [-0.39, 0.29) is 30.2 Å². The Hall–Kier alpha value is -3.55. The van der Waals surface area contributed by atoms with E-state index in [2.05, 4.69) is 10.6 Å². The predicted molar refractivity (Wildman–Crippen MR) is 144 cm³/mol. The molecule has 0 aliphatic carbocycles. The van der Waals surface area contributed by atoms with Crippen molar-refractivity contribution in [3.05, 3.63) is 65.2 Å². The largest absolute Gasteiger partial charge is 0.508 e. The van der Waals surface area contributed by atoms with Crippen molar-refractivity contribution < 1.29 is 24.2 Å². The van der Waals surface area contributed by atoms with Gasteiger partial charge in [0.25, 0.3) is 0 Å². The molecule has 0 radical (unpaired) electrons. The minimum Gasteiger partial charge on any atom is -0.508 e. The summed E-state index contributed by atoms with van der Waals surface area (Å²) in [6.45, 7) is 14.3. The number of nitrogens with zero attached hydrogens (tertiary/aromatic N) is 1. The molecule has 0 aliphatic rings. The van der Waals surface area contributed by atoms with Gasteiger partial charge in [0.2, 0.25) is 11.8 Å². The van der Waals surface area contributed by atoms with E-state index in [0.29, 0.717) is 11.1 Å². The molecule has 3 amide bonds. The number of carbonyl (C=O) groups excluding carboxylic acids is 3. The first kappa shape index (κ1) is 29.7. The molecule has 0 bridgehead atoms. The molecule has 0 fully saturated rings. The first-order chi connectivity index (χ1) is 17.2. The van der Waals surface area contributed by atoms with Gasteiger partial charge in [-0.3, -0.25) is 9.59 Å². The van der Waals surface area contributed by atoms with Crippen LogP contribution in [0.1, 0.15) is 71.2 Å². The molecular formula is C29H41N3O5. The number of phenols is 1. The summed E-state index contributed by atoms with van der Waals surface area (Å²) in [4.78, 5) is 41.9. The third-order valence-electron chi connectivity index (χ3n) is 5.58. The average molecular weight is 512 g/mol. The fourth-order valence-corrected chi connectivity index (χ4v) is 4.01. The predicted octanol–water partition coefficient (Wildman–Crippen LogP) is 4.64. The summed E-state index contributed by atoms with van der Waals surface area (Å²) in [7, 11) is 0. The highest BCUT2D eigenvalue weighted by molar-refractivity contribution is 5.92. The zero-order valence-electron chi connectivity index (χ0n) is 23.2. The van der Waals surface area contributed by atoms with E-state index in [1.165, 1.54) is 11.0 Å². The molecule has 0 heterocycles. The van der Waals surface area contributed by atoms with Gasteiger partial charge in [0.15, 0.2) is 0 Å². The second-order valence-corrected chi connectivity index (χ2v) is 10.8. The highest BCUT2D eigenvalue weighted by Crippen LogP contribution is 2.29. The highest BCUT2D eigenvalue weighted by Gasteiger charge is 2.38. The van der Waals surface area contributed by atoms with Crippen LogP contribution in [-0.4, -0.2) is 51.6 Å². The topological polar surface area (TPSA) is 108 Å². The zero-order valence-corrected chi connectivity index (χ0v) is 23.2. The van der Waals surface area contributed by atoms with Crippen LogP contribution in [0.4, 0.5) is 4.79 Å². The van der Waals surface area contributed by atoms with Crippen molar-refractivity contribution in [2.24, 2.45) is 0 Å². The van der Waals surface area contributed by atoms with Crippen LogP contribution in [0.25, 0.3) is 0 Å². The Labute approximate surface area is 220 Å². The molecule has 0 spiro atoms. The van der Waals surface area contributed by atoms with E-state index < -0.39 is 29.7 Å². The van der Waals surface area contributed by atoms with Crippen molar-refractivity contribution >= 4 is 17.9 Å². The number of amides is 3. The fourth-order valence-electron chi connectivity index (χ4n) is 4.01. The van der Waals surface area contributed by atoms with E-state index >= 15 is 0 Å². The van der Waals surface area contributed by atoms with E-state index in [1.807, 2.05) is 58.0 Å². The Morgan fingerprint density at radius 1 is 0.973 bits per heavy atom. The first-order valence-electron chi connectivity index (χ1n) is 12.6. The molecule has 2 rings (SSSR count). The van der Waals surface area contributed by atoms with Crippen LogP contribution in [0, 0.1) is 6.92 Å². The molecule has 2 aromatic carbocycles. The van der Waals surface area contributed by atoms with Gasteiger partial charge in [-0.15, -0.1) is 0 Å². The summed E-state index contributed by atoms with van der Waals surface area (Å²) in [6.07, 6.45) is -0.496. The number of benzene rings is 2. The van der Waals surface area contributed by atoms with E-state index in [1.54, 1.807) is 39.8 Å². The van der Waals surface area contributed by atoms with E-state index in [4.69, 9.17) is 4.74 Å². The number of rotatable bonds is 9. The lowest BCUT2D eigenvalue weighted by Gasteiger charge is -2.37. The van der Waals surface area contributed by atoms with Gasteiger partial charge in [-0.05, 0) is 84.2 Å². The Kier molecular flexibility index (Phi) is 10.1. The summed E-state index contributed by atoms with van der Waals surface area (Å²) >= 11 is 0. The lowest BCUT2D eigenvalue weighted by molar-refractivity contribution is -0.144. The molecule has 2 unspecified atom stereocenters. The molecule has 3 N–H and O–H groups in total. The molecule has 0 aromatic heterocycles. The number of nitrogens with one attached hydrogen (secondary N) is 2. The van der Waals surface area contributed by atoms with Crippen molar-refractivity contribution in [1.82, 2.24) is 15.5 Å². The van der Waals surface area contributed by atoms with Crippen LogP contribution in [0.15, 0.2) is 48.5 Å². The number of phenolic OH excluding ortho intramolecular Hbond substituents is 1. The molecule has 0 saturated heterocycles. The number of carbonyl (C=O) groups is 3. The Morgan fingerprint density at radius 3 is 2.11 bits per heavy atom. The van der Waals surface area contributed by atoms with Crippen molar-refractivity contribution in [2.45, 2.75) is 91.6 Å². The molecule has 37 heavy (non-hydrogen) atoms. The first-order valence-corrected chi connectivity index (χ1v) is 12.6. The van der Waals surface area contributed by atoms with Crippen LogP contribution < -0.4 is 10.6 Å². The van der Waals surface area contributed by atoms with Gasteiger partial charge < -0.3 is 25.4 Å². The van der Waals surface area contributed by atoms with E-state index in [0.717, 1.165) is 5.56 Å². The van der Waals surface area contributed by atoms with Gasteiger partial charge in [-0.25, -0.2) is 4.79 Å².